The van der Waals surface area contributed by atoms with E-state index in [2.05, 4.69) is 0 Å². The topological polar surface area (TPSA) is 110 Å². The van der Waals surface area contributed by atoms with E-state index in [0.29, 0.717) is 19.0 Å². The average Bonchev–Trinajstić information content (AvgIpc) is 2.44. The second-order valence-electron chi connectivity index (χ2n) is 4.52. The maximum Gasteiger partial charge on any atom is 0.285 e. The van der Waals surface area contributed by atoms with Gasteiger partial charge in [-0.3, -0.25) is 14.9 Å². The summed E-state index contributed by atoms with van der Waals surface area (Å²) in [6.45, 7) is 2.07. The van der Waals surface area contributed by atoms with Crippen molar-refractivity contribution in [3.05, 3.63) is 33.6 Å². The number of aliphatic hydroxyl groups excluding tert-OH is 1. The lowest BCUT2D eigenvalue weighted by Gasteiger charge is -2.21. The summed E-state index contributed by atoms with van der Waals surface area (Å²) in [6.07, 6.45) is 1.51. The first kappa shape index (κ1) is 16.8. The van der Waals surface area contributed by atoms with Gasteiger partial charge in [-0.2, -0.15) is 0 Å². The van der Waals surface area contributed by atoms with Crippen LogP contribution in [0.3, 0.4) is 0 Å². The number of rotatable bonds is 7. The van der Waals surface area contributed by atoms with Gasteiger partial charge in [-0.1, -0.05) is 13.3 Å². The standard InChI is InChI=1S/C13H18FN3O4/c1-2-3-4-16(5-6-18)13(19)9-7-11(15)10(14)8-12(9)17(20)21/h7-8,18H,2-6,15H2,1H3. The maximum atomic E-state index is 13.3. The van der Waals surface area contributed by atoms with Gasteiger partial charge in [0.1, 0.15) is 5.56 Å². The van der Waals surface area contributed by atoms with Crippen molar-refractivity contribution in [2.75, 3.05) is 25.4 Å². The van der Waals surface area contributed by atoms with Crippen LogP contribution in [0.5, 0.6) is 0 Å². The molecule has 1 rings (SSSR count). The van der Waals surface area contributed by atoms with E-state index in [9.17, 15) is 19.3 Å². The normalized spacial score (nSPS) is 10.4. The highest BCUT2D eigenvalue weighted by molar-refractivity contribution is 5.99. The van der Waals surface area contributed by atoms with Crippen molar-refractivity contribution < 1.29 is 19.2 Å². The highest BCUT2D eigenvalue weighted by Crippen LogP contribution is 2.25. The smallest absolute Gasteiger partial charge is 0.285 e. The number of halogens is 1. The van der Waals surface area contributed by atoms with Crippen LogP contribution in [0.4, 0.5) is 15.8 Å². The molecule has 0 aliphatic heterocycles. The molecule has 0 aliphatic carbocycles. The Labute approximate surface area is 121 Å². The third kappa shape index (κ3) is 4.12. The summed E-state index contributed by atoms with van der Waals surface area (Å²) in [4.78, 5) is 23.8. The van der Waals surface area contributed by atoms with Gasteiger partial charge in [-0.25, -0.2) is 4.39 Å². The van der Waals surface area contributed by atoms with E-state index >= 15 is 0 Å². The van der Waals surface area contributed by atoms with Crippen LogP contribution in [0, 0.1) is 15.9 Å². The van der Waals surface area contributed by atoms with E-state index in [1.807, 2.05) is 6.92 Å². The largest absolute Gasteiger partial charge is 0.396 e. The van der Waals surface area contributed by atoms with Crippen molar-refractivity contribution in [3.8, 4) is 0 Å². The van der Waals surface area contributed by atoms with Crippen molar-refractivity contribution >= 4 is 17.3 Å². The second-order valence-corrected chi connectivity index (χ2v) is 4.52. The summed E-state index contributed by atoms with van der Waals surface area (Å²) in [5, 5.41) is 20.0. The van der Waals surface area contributed by atoms with Crippen LogP contribution in [0.25, 0.3) is 0 Å². The lowest BCUT2D eigenvalue weighted by atomic mass is 10.1. The number of nitro groups is 1. The lowest BCUT2D eigenvalue weighted by molar-refractivity contribution is -0.385. The predicted octanol–water partition coefficient (Wildman–Crippen LogP) is 1.55. The van der Waals surface area contributed by atoms with Crippen LogP contribution >= 0.6 is 0 Å². The summed E-state index contributed by atoms with van der Waals surface area (Å²) in [5.41, 5.74) is 4.15. The number of carbonyl (C=O) groups is 1. The molecule has 0 heterocycles. The third-order valence-corrected chi connectivity index (χ3v) is 2.98. The number of aliphatic hydroxyl groups is 1. The molecule has 116 valence electrons. The third-order valence-electron chi connectivity index (χ3n) is 2.98. The minimum atomic E-state index is -0.944. The molecule has 0 bridgehead atoms. The molecule has 1 amide bonds. The van der Waals surface area contributed by atoms with E-state index in [0.717, 1.165) is 12.5 Å². The van der Waals surface area contributed by atoms with E-state index in [1.54, 1.807) is 0 Å². The fraction of sp³-hybridized carbons (Fsp3) is 0.462. The van der Waals surface area contributed by atoms with Gasteiger partial charge in [0.25, 0.3) is 11.6 Å². The molecule has 1 aromatic carbocycles. The molecule has 0 aromatic heterocycles. The number of nitrogens with two attached hydrogens (primary N) is 1. The Balaban J connectivity index is 3.19. The van der Waals surface area contributed by atoms with Gasteiger partial charge in [-0.05, 0) is 12.5 Å². The van der Waals surface area contributed by atoms with Gasteiger partial charge in [-0.15, -0.1) is 0 Å². The zero-order valence-corrected chi connectivity index (χ0v) is 11.7. The van der Waals surface area contributed by atoms with Crippen LogP contribution in [-0.2, 0) is 0 Å². The molecule has 0 unspecified atom stereocenters. The molecule has 21 heavy (non-hydrogen) atoms. The van der Waals surface area contributed by atoms with E-state index in [-0.39, 0.29) is 24.4 Å². The first-order valence-corrected chi connectivity index (χ1v) is 6.55. The quantitative estimate of drug-likeness (QED) is 0.451. The molecule has 8 heteroatoms. The molecule has 0 radical (unpaired) electrons. The number of carbonyl (C=O) groups excluding carboxylic acids is 1. The lowest BCUT2D eigenvalue weighted by Crippen LogP contribution is -2.35. The zero-order chi connectivity index (χ0) is 16.0. The summed E-state index contributed by atoms with van der Waals surface area (Å²) in [5.74, 6) is -1.59. The number of unbranched alkanes of at least 4 members (excludes halogenated alkanes) is 1. The number of benzene rings is 1. The number of amides is 1. The summed E-state index contributed by atoms with van der Waals surface area (Å²) in [7, 11) is 0. The van der Waals surface area contributed by atoms with Crippen molar-refractivity contribution in [2.24, 2.45) is 0 Å². The van der Waals surface area contributed by atoms with Crippen LogP contribution < -0.4 is 5.73 Å². The van der Waals surface area contributed by atoms with Crippen LogP contribution in [0.15, 0.2) is 12.1 Å². The van der Waals surface area contributed by atoms with Gasteiger partial charge in [0, 0.05) is 13.1 Å². The number of anilines is 1. The van der Waals surface area contributed by atoms with Crippen molar-refractivity contribution in [1.29, 1.82) is 0 Å². The first-order valence-electron chi connectivity index (χ1n) is 6.55. The fourth-order valence-corrected chi connectivity index (χ4v) is 1.86. The van der Waals surface area contributed by atoms with Gasteiger partial charge < -0.3 is 15.7 Å². The number of nitrogens with zero attached hydrogens (tertiary/aromatic N) is 2. The Hall–Kier alpha value is -2.22. The van der Waals surface area contributed by atoms with E-state index < -0.39 is 22.3 Å². The summed E-state index contributed by atoms with van der Waals surface area (Å²) in [6, 6.07) is 1.60. The average molecular weight is 299 g/mol. The van der Waals surface area contributed by atoms with Crippen molar-refractivity contribution in [3.63, 3.8) is 0 Å². The second kappa shape index (κ2) is 7.53. The van der Waals surface area contributed by atoms with Crippen molar-refractivity contribution in [1.82, 2.24) is 4.90 Å². The first-order chi connectivity index (χ1) is 9.92. The van der Waals surface area contributed by atoms with E-state index in [4.69, 9.17) is 10.8 Å². The highest BCUT2D eigenvalue weighted by Gasteiger charge is 2.26. The zero-order valence-electron chi connectivity index (χ0n) is 11.7. The molecule has 0 fully saturated rings. The number of hydrogen-bond donors (Lipinski definition) is 2. The molecule has 0 saturated carbocycles. The Kier molecular flexibility index (Phi) is 6.04. The number of hydrogen-bond acceptors (Lipinski definition) is 5. The molecule has 7 nitrogen and oxygen atoms in total. The molecule has 1 aromatic rings. The van der Waals surface area contributed by atoms with Gasteiger partial charge in [0.2, 0.25) is 0 Å². The molecule has 0 saturated heterocycles. The minimum Gasteiger partial charge on any atom is -0.396 e. The van der Waals surface area contributed by atoms with Crippen LogP contribution in [0.2, 0.25) is 0 Å². The number of nitro benzene ring substituents is 1. The SMILES string of the molecule is CCCCN(CCO)C(=O)c1cc(N)c(F)cc1[N+](=O)[O-]. The molecule has 0 atom stereocenters. The molecular formula is C13H18FN3O4. The Morgan fingerprint density at radius 2 is 2.14 bits per heavy atom. The van der Waals surface area contributed by atoms with Crippen molar-refractivity contribution in [2.45, 2.75) is 19.8 Å². The Bertz CT molecular complexity index is 536. The highest BCUT2D eigenvalue weighted by atomic mass is 19.1. The Morgan fingerprint density at radius 1 is 1.48 bits per heavy atom. The van der Waals surface area contributed by atoms with Gasteiger partial charge in [0.05, 0.1) is 23.3 Å². The molecule has 3 N–H and O–H groups in total. The maximum absolute atomic E-state index is 13.3. The Morgan fingerprint density at radius 3 is 2.67 bits per heavy atom. The van der Waals surface area contributed by atoms with Gasteiger partial charge in [0.15, 0.2) is 5.82 Å². The molecule has 0 spiro atoms. The molecular weight excluding hydrogens is 281 g/mol. The van der Waals surface area contributed by atoms with Gasteiger partial charge >= 0.3 is 0 Å². The summed E-state index contributed by atoms with van der Waals surface area (Å²) >= 11 is 0. The predicted molar refractivity (Wildman–Crippen MR) is 75.4 cm³/mol. The fourth-order valence-electron chi connectivity index (χ4n) is 1.86. The molecule has 0 aliphatic rings. The van der Waals surface area contributed by atoms with Crippen LogP contribution in [-0.4, -0.2) is 40.5 Å². The van der Waals surface area contributed by atoms with E-state index in [1.165, 1.54) is 4.90 Å². The number of nitrogen functional groups attached to an aromatic ring is 1. The minimum absolute atomic E-state index is 0.0489. The van der Waals surface area contributed by atoms with Crippen LogP contribution in [0.1, 0.15) is 30.1 Å². The summed E-state index contributed by atoms with van der Waals surface area (Å²) < 4.78 is 13.3. The monoisotopic (exact) mass is 299 g/mol.